The van der Waals surface area contributed by atoms with Crippen LogP contribution in [0.25, 0.3) is 10.8 Å². The van der Waals surface area contributed by atoms with Gasteiger partial charge in [0.25, 0.3) is 5.91 Å². The molecule has 1 aromatic heterocycles. The summed E-state index contributed by atoms with van der Waals surface area (Å²) in [6.07, 6.45) is 1.59. The van der Waals surface area contributed by atoms with Crippen LogP contribution in [0.2, 0.25) is 10.0 Å². The van der Waals surface area contributed by atoms with Gasteiger partial charge >= 0.3 is 0 Å². The zero-order chi connectivity index (χ0) is 18.1. The molecule has 0 radical (unpaired) electrons. The lowest BCUT2D eigenvalue weighted by Gasteiger charge is -2.35. The van der Waals surface area contributed by atoms with E-state index in [1.165, 1.54) is 0 Å². The van der Waals surface area contributed by atoms with Gasteiger partial charge in [0.2, 0.25) is 0 Å². The Kier molecular flexibility index (Phi) is 4.70. The molecular weight excluding hydrogens is 369 g/mol. The van der Waals surface area contributed by atoms with E-state index in [0.717, 1.165) is 16.3 Å². The highest BCUT2D eigenvalue weighted by atomic mass is 35.5. The minimum Gasteiger partial charge on any atom is -0.352 e. The van der Waals surface area contributed by atoms with Crippen LogP contribution >= 0.6 is 23.2 Å². The summed E-state index contributed by atoms with van der Waals surface area (Å²) >= 11 is 12.2. The molecule has 4 nitrogen and oxygen atoms in total. The fraction of sp³-hybridized carbons (Fsp3) is 0.200. The van der Waals surface area contributed by atoms with Crippen molar-refractivity contribution in [3.63, 3.8) is 0 Å². The summed E-state index contributed by atoms with van der Waals surface area (Å²) in [5.41, 5.74) is 0.722. The first kappa shape index (κ1) is 17.1. The second kappa shape index (κ2) is 7.14. The molecule has 2 heterocycles. The number of hydrogen-bond donors (Lipinski definition) is 0. The second-order valence-electron chi connectivity index (χ2n) is 6.30. The third kappa shape index (κ3) is 3.35. The number of carbonyl (C=O) groups is 1. The number of anilines is 1. The SMILES string of the molecule is O=C(c1ccc2ccccc2c1)N1CCN(c2ncc(Cl)cc2Cl)CC1. The number of hydrogen-bond acceptors (Lipinski definition) is 3. The third-order valence-corrected chi connectivity index (χ3v) is 5.14. The van der Waals surface area contributed by atoms with Crippen LogP contribution in [-0.2, 0) is 0 Å². The van der Waals surface area contributed by atoms with Crippen molar-refractivity contribution in [1.82, 2.24) is 9.88 Å². The van der Waals surface area contributed by atoms with Gasteiger partial charge < -0.3 is 9.80 Å². The fourth-order valence-corrected chi connectivity index (χ4v) is 3.77. The lowest BCUT2D eigenvalue weighted by molar-refractivity contribution is 0.0746. The maximum atomic E-state index is 12.8. The molecule has 1 aliphatic heterocycles. The molecule has 0 unspecified atom stereocenters. The molecular formula is C20H17Cl2N3O. The van der Waals surface area contributed by atoms with Crippen molar-refractivity contribution in [2.45, 2.75) is 0 Å². The summed E-state index contributed by atoms with van der Waals surface area (Å²) in [4.78, 5) is 21.1. The normalized spacial score (nSPS) is 14.7. The van der Waals surface area contributed by atoms with E-state index in [4.69, 9.17) is 23.2 Å². The van der Waals surface area contributed by atoms with Gasteiger partial charge in [0.15, 0.2) is 0 Å². The first-order chi connectivity index (χ1) is 12.6. The Morgan fingerprint density at radius 1 is 0.923 bits per heavy atom. The first-order valence-electron chi connectivity index (χ1n) is 8.46. The van der Waals surface area contributed by atoms with Crippen LogP contribution in [0.1, 0.15) is 10.4 Å². The average molecular weight is 386 g/mol. The minimum absolute atomic E-state index is 0.0607. The molecule has 4 rings (SSSR count). The van der Waals surface area contributed by atoms with Gasteiger partial charge in [-0.3, -0.25) is 4.79 Å². The van der Waals surface area contributed by atoms with Gasteiger partial charge in [-0.05, 0) is 29.0 Å². The summed E-state index contributed by atoms with van der Waals surface area (Å²) in [6.45, 7) is 2.64. The number of carbonyl (C=O) groups excluding carboxylic acids is 1. The van der Waals surface area contributed by atoms with Crippen LogP contribution < -0.4 is 4.90 Å². The van der Waals surface area contributed by atoms with Crippen molar-refractivity contribution < 1.29 is 4.79 Å². The van der Waals surface area contributed by atoms with E-state index in [1.807, 2.05) is 47.4 Å². The summed E-state index contributed by atoms with van der Waals surface area (Å²) in [6, 6.07) is 15.6. The molecule has 132 valence electrons. The number of benzene rings is 2. The molecule has 0 bridgehead atoms. The Hall–Kier alpha value is -2.30. The van der Waals surface area contributed by atoms with Gasteiger partial charge in [-0.25, -0.2) is 4.98 Å². The Bertz CT molecular complexity index is 968. The largest absolute Gasteiger partial charge is 0.352 e. The van der Waals surface area contributed by atoms with Crippen molar-refractivity contribution in [3.8, 4) is 0 Å². The second-order valence-corrected chi connectivity index (χ2v) is 7.14. The van der Waals surface area contributed by atoms with E-state index in [0.29, 0.717) is 42.0 Å². The summed E-state index contributed by atoms with van der Waals surface area (Å²) in [5.74, 6) is 0.777. The Labute approximate surface area is 161 Å². The molecule has 6 heteroatoms. The van der Waals surface area contributed by atoms with E-state index in [2.05, 4.69) is 9.88 Å². The molecule has 0 spiro atoms. The lowest BCUT2D eigenvalue weighted by atomic mass is 10.1. The molecule has 26 heavy (non-hydrogen) atoms. The average Bonchev–Trinajstić information content (AvgIpc) is 2.67. The van der Waals surface area contributed by atoms with Crippen molar-refractivity contribution in [2.24, 2.45) is 0 Å². The van der Waals surface area contributed by atoms with Crippen molar-refractivity contribution in [2.75, 3.05) is 31.1 Å². The lowest BCUT2D eigenvalue weighted by Crippen LogP contribution is -2.49. The highest BCUT2D eigenvalue weighted by Crippen LogP contribution is 2.27. The van der Waals surface area contributed by atoms with E-state index < -0.39 is 0 Å². The number of aromatic nitrogens is 1. The number of amides is 1. The van der Waals surface area contributed by atoms with Crippen LogP contribution in [0.5, 0.6) is 0 Å². The zero-order valence-electron chi connectivity index (χ0n) is 14.0. The van der Waals surface area contributed by atoms with Crippen molar-refractivity contribution in [1.29, 1.82) is 0 Å². The van der Waals surface area contributed by atoms with Gasteiger partial charge in [-0.2, -0.15) is 0 Å². The summed E-state index contributed by atoms with van der Waals surface area (Å²) in [5, 5.41) is 3.27. The van der Waals surface area contributed by atoms with Crippen LogP contribution in [0, 0.1) is 0 Å². The molecule has 1 saturated heterocycles. The predicted molar refractivity (Wildman–Crippen MR) is 106 cm³/mol. The Balaban J connectivity index is 1.47. The van der Waals surface area contributed by atoms with E-state index in [-0.39, 0.29) is 5.91 Å². The fourth-order valence-electron chi connectivity index (χ4n) is 3.27. The Morgan fingerprint density at radius 2 is 1.65 bits per heavy atom. The Morgan fingerprint density at radius 3 is 2.38 bits per heavy atom. The number of pyridine rings is 1. The molecule has 1 fully saturated rings. The molecule has 2 aromatic carbocycles. The molecule has 0 saturated carbocycles. The summed E-state index contributed by atoms with van der Waals surface area (Å²) < 4.78 is 0. The van der Waals surface area contributed by atoms with Crippen LogP contribution in [0.3, 0.4) is 0 Å². The van der Waals surface area contributed by atoms with Gasteiger partial charge in [-0.15, -0.1) is 0 Å². The number of fused-ring (bicyclic) bond motifs is 1. The molecule has 3 aromatic rings. The van der Waals surface area contributed by atoms with Gasteiger partial charge in [0, 0.05) is 37.9 Å². The monoisotopic (exact) mass is 385 g/mol. The first-order valence-corrected chi connectivity index (χ1v) is 9.21. The molecule has 1 aliphatic rings. The van der Waals surface area contributed by atoms with E-state index in [9.17, 15) is 4.79 Å². The standard InChI is InChI=1S/C20H17Cl2N3O/c21-17-12-18(22)19(23-13-17)24-7-9-25(10-8-24)20(26)16-6-5-14-3-1-2-4-15(14)11-16/h1-6,11-13H,7-10H2. The number of halogens is 2. The van der Waals surface area contributed by atoms with Crippen molar-refractivity contribution in [3.05, 3.63) is 70.3 Å². The molecule has 1 amide bonds. The smallest absolute Gasteiger partial charge is 0.253 e. The van der Waals surface area contributed by atoms with Crippen molar-refractivity contribution >= 4 is 45.7 Å². The molecule has 0 atom stereocenters. The molecule has 0 aliphatic carbocycles. The minimum atomic E-state index is 0.0607. The van der Waals surface area contributed by atoms with Gasteiger partial charge in [-0.1, -0.05) is 53.5 Å². The maximum absolute atomic E-state index is 12.8. The van der Waals surface area contributed by atoms with Gasteiger partial charge in [0.1, 0.15) is 5.82 Å². The maximum Gasteiger partial charge on any atom is 0.253 e. The van der Waals surface area contributed by atoms with Gasteiger partial charge in [0.05, 0.1) is 10.0 Å². The number of piperazine rings is 1. The van der Waals surface area contributed by atoms with E-state index >= 15 is 0 Å². The highest BCUT2D eigenvalue weighted by molar-refractivity contribution is 6.36. The molecule has 0 N–H and O–H groups in total. The topological polar surface area (TPSA) is 36.4 Å². The third-order valence-electron chi connectivity index (χ3n) is 4.65. The zero-order valence-corrected chi connectivity index (χ0v) is 15.5. The number of nitrogens with zero attached hydrogens (tertiary/aromatic N) is 3. The number of rotatable bonds is 2. The van der Waals surface area contributed by atoms with Crippen LogP contribution in [0.4, 0.5) is 5.82 Å². The quantitative estimate of drug-likeness (QED) is 0.651. The summed E-state index contributed by atoms with van der Waals surface area (Å²) in [7, 11) is 0. The highest BCUT2D eigenvalue weighted by Gasteiger charge is 2.24. The van der Waals surface area contributed by atoms with E-state index in [1.54, 1.807) is 12.3 Å². The van der Waals surface area contributed by atoms with Crippen LogP contribution in [-0.4, -0.2) is 42.0 Å². The van der Waals surface area contributed by atoms with Crippen LogP contribution in [0.15, 0.2) is 54.7 Å². The predicted octanol–water partition coefficient (Wildman–Crippen LogP) is 4.50.